The highest BCUT2D eigenvalue weighted by atomic mass is 15.1. The van der Waals surface area contributed by atoms with Crippen molar-refractivity contribution in [3.05, 3.63) is 41.9 Å². The Labute approximate surface area is 132 Å². The molecule has 4 heteroatoms. The predicted octanol–water partition coefficient (Wildman–Crippen LogP) is 3.50. The fourth-order valence-electron chi connectivity index (χ4n) is 2.58. The normalized spacial score (nSPS) is 13.1. The maximum absolute atomic E-state index is 7.48. The van der Waals surface area contributed by atoms with Gasteiger partial charge >= 0.3 is 0 Å². The topological polar surface area (TPSA) is 67.7 Å². The number of rotatable bonds is 4. The lowest BCUT2D eigenvalue weighted by Crippen LogP contribution is -2.21. The highest BCUT2D eigenvalue weighted by molar-refractivity contribution is 5.79. The van der Waals surface area contributed by atoms with Crippen molar-refractivity contribution >= 4 is 5.84 Å². The van der Waals surface area contributed by atoms with Crippen molar-refractivity contribution < 1.29 is 0 Å². The molecule has 1 atom stereocenters. The van der Waals surface area contributed by atoms with E-state index in [2.05, 4.69) is 55.8 Å². The summed E-state index contributed by atoms with van der Waals surface area (Å²) in [5.74, 6) is 1.40. The van der Waals surface area contributed by atoms with Crippen molar-refractivity contribution in [2.45, 2.75) is 39.5 Å². The summed E-state index contributed by atoms with van der Waals surface area (Å²) in [6.07, 6.45) is 2.87. The first-order chi connectivity index (χ1) is 10.2. The van der Waals surface area contributed by atoms with E-state index < -0.39 is 0 Å². The van der Waals surface area contributed by atoms with Crippen molar-refractivity contribution in [1.82, 2.24) is 9.55 Å². The summed E-state index contributed by atoms with van der Waals surface area (Å²) >= 11 is 0. The molecule has 118 valence electrons. The monoisotopic (exact) mass is 298 g/mol. The summed E-state index contributed by atoms with van der Waals surface area (Å²) < 4.78 is 2.10. The smallest absolute Gasteiger partial charge is 0.114 e. The summed E-state index contributed by atoms with van der Waals surface area (Å²) in [5.41, 5.74) is 8.87. The second kappa shape index (κ2) is 5.95. The van der Waals surface area contributed by atoms with Gasteiger partial charge in [0.2, 0.25) is 0 Å². The fourth-order valence-corrected chi connectivity index (χ4v) is 2.58. The van der Waals surface area contributed by atoms with Gasteiger partial charge in [-0.05, 0) is 12.0 Å². The molecule has 2 aromatic rings. The highest BCUT2D eigenvalue weighted by Crippen LogP contribution is 2.26. The summed E-state index contributed by atoms with van der Waals surface area (Å²) in [6, 6.07) is 8.38. The summed E-state index contributed by atoms with van der Waals surface area (Å²) in [5, 5.41) is 7.48. The number of aromatic nitrogens is 2. The number of benzene rings is 1. The maximum Gasteiger partial charge on any atom is 0.114 e. The molecule has 22 heavy (non-hydrogen) atoms. The van der Waals surface area contributed by atoms with E-state index in [0.717, 1.165) is 23.5 Å². The van der Waals surface area contributed by atoms with E-state index >= 15 is 0 Å². The fraction of sp³-hybridized carbons (Fsp3) is 0.444. The molecule has 1 aromatic heterocycles. The molecule has 0 radical (unpaired) electrons. The summed E-state index contributed by atoms with van der Waals surface area (Å²) in [4.78, 5) is 4.78. The Morgan fingerprint density at radius 1 is 1.27 bits per heavy atom. The zero-order valence-electron chi connectivity index (χ0n) is 14.1. The number of nitrogens with two attached hydrogens (primary N) is 1. The van der Waals surface area contributed by atoms with Crippen LogP contribution in [0.5, 0.6) is 0 Å². The maximum atomic E-state index is 7.48. The van der Waals surface area contributed by atoms with Gasteiger partial charge in [0.1, 0.15) is 5.82 Å². The Morgan fingerprint density at radius 3 is 2.32 bits per heavy atom. The van der Waals surface area contributed by atoms with Crippen LogP contribution in [0, 0.1) is 11.3 Å². The van der Waals surface area contributed by atoms with Crippen LogP contribution in [0.25, 0.3) is 11.3 Å². The molecule has 0 aliphatic rings. The molecular weight excluding hydrogens is 272 g/mol. The van der Waals surface area contributed by atoms with Crippen LogP contribution in [-0.2, 0) is 18.9 Å². The Balaban J connectivity index is 2.23. The van der Waals surface area contributed by atoms with Gasteiger partial charge in [-0.3, -0.25) is 5.41 Å². The van der Waals surface area contributed by atoms with E-state index in [4.69, 9.17) is 16.1 Å². The lowest BCUT2D eigenvalue weighted by atomic mass is 9.96. The number of nitrogens with one attached hydrogen (secondary N) is 1. The summed E-state index contributed by atoms with van der Waals surface area (Å²) in [7, 11) is 2.04. The number of imidazole rings is 1. The highest BCUT2D eigenvalue weighted by Gasteiger charge is 2.20. The minimum absolute atomic E-state index is 0.0316. The molecular formula is C18H26N4. The SMILES string of the molecule is C[C@@H](Cc1ccc(-c2cn(C)c(C(C)(C)C)n2)cc1)C(=N)N. The van der Waals surface area contributed by atoms with E-state index in [9.17, 15) is 0 Å². The first-order valence-electron chi connectivity index (χ1n) is 7.65. The van der Waals surface area contributed by atoms with Crippen molar-refractivity contribution in [3.8, 4) is 11.3 Å². The van der Waals surface area contributed by atoms with Crippen LogP contribution in [0.4, 0.5) is 0 Å². The molecule has 3 N–H and O–H groups in total. The average Bonchev–Trinajstić information content (AvgIpc) is 2.81. The van der Waals surface area contributed by atoms with Crippen molar-refractivity contribution in [2.75, 3.05) is 0 Å². The molecule has 0 bridgehead atoms. The van der Waals surface area contributed by atoms with Crippen molar-refractivity contribution in [3.63, 3.8) is 0 Å². The van der Waals surface area contributed by atoms with Crippen molar-refractivity contribution in [1.29, 1.82) is 5.41 Å². The van der Waals surface area contributed by atoms with E-state index in [1.165, 1.54) is 5.56 Å². The lowest BCUT2D eigenvalue weighted by molar-refractivity contribution is 0.523. The van der Waals surface area contributed by atoms with Gasteiger partial charge in [0.25, 0.3) is 0 Å². The lowest BCUT2D eigenvalue weighted by Gasteiger charge is -2.17. The van der Waals surface area contributed by atoms with Crippen LogP contribution in [0.15, 0.2) is 30.5 Å². The zero-order valence-corrected chi connectivity index (χ0v) is 14.1. The van der Waals surface area contributed by atoms with Crippen LogP contribution in [0.2, 0.25) is 0 Å². The largest absolute Gasteiger partial charge is 0.387 e. The van der Waals surface area contributed by atoms with E-state index in [1.807, 2.05) is 14.0 Å². The molecule has 0 unspecified atom stereocenters. The molecule has 0 fully saturated rings. The Kier molecular flexibility index (Phi) is 4.40. The van der Waals surface area contributed by atoms with Crippen LogP contribution in [0.1, 0.15) is 39.1 Å². The second-order valence-corrected chi connectivity index (χ2v) is 7.07. The Bertz CT molecular complexity index is 659. The second-order valence-electron chi connectivity index (χ2n) is 7.07. The molecule has 0 saturated carbocycles. The molecule has 0 aliphatic carbocycles. The molecule has 0 aliphatic heterocycles. The van der Waals surface area contributed by atoms with Gasteiger partial charge in [-0.2, -0.15) is 0 Å². The Morgan fingerprint density at radius 2 is 1.86 bits per heavy atom. The molecule has 0 saturated heterocycles. The third-order valence-corrected chi connectivity index (χ3v) is 3.87. The minimum atomic E-state index is 0.0316. The van der Waals surface area contributed by atoms with Crippen molar-refractivity contribution in [2.24, 2.45) is 18.7 Å². The minimum Gasteiger partial charge on any atom is -0.387 e. The number of hydrogen-bond donors (Lipinski definition) is 2. The zero-order chi connectivity index (χ0) is 16.5. The van der Waals surface area contributed by atoms with E-state index in [1.54, 1.807) is 0 Å². The number of amidine groups is 1. The molecule has 4 nitrogen and oxygen atoms in total. The van der Waals surface area contributed by atoms with E-state index in [-0.39, 0.29) is 17.2 Å². The standard InChI is InChI=1S/C18H26N4/c1-12(16(19)20)10-13-6-8-14(9-7-13)15-11-22(5)17(21-15)18(2,3)4/h6-9,11-12H,10H2,1-5H3,(H3,19,20)/t12-/m0/s1. The first-order valence-corrected chi connectivity index (χ1v) is 7.65. The van der Waals surface area contributed by atoms with Gasteiger partial charge in [0.15, 0.2) is 0 Å². The van der Waals surface area contributed by atoms with Gasteiger partial charge < -0.3 is 10.3 Å². The predicted molar refractivity (Wildman–Crippen MR) is 92.1 cm³/mol. The van der Waals surface area contributed by atoms with Gasteiger partial charge in [-0.15, -0.1) is 0 Å². The number of nitrogens with zero attached hydrogens (tertiary/aromatic N) is 2. The average molecular weight is 298 g/mol. The van der Waals surface area contributed by atoms with Gasteiger partial charge in [0.05, 0.1) is 11.5 Å². The molecule has 0 amide bonds. The van der Waals surface area contributed by atoms with Gasteiger partial charge in [-0.1, -0.05) is 52.0 Å². The molecule has 1 aromatic carbocycles. The van der Waals surface area contributed by atoms with Crippen LogP contribution in [-0.4, -0.2) is 15.4 Å². The summed E-state index contributed by atoms with van der Waals surface area (Å²) in [6.45, 7) is 8.49. The first kappa shape index (κ1) is 16.3. The molecule has 0 spiro atoms. The Hall–Kier alpha value is -2.10. The van der Waals surface area contributed by atoms with Gasteiger partial charge in [0, 0.05) is 30.1 Å². The number of hydrogen-bond acceptors (Lipinski definition) is 2. The number of aryl methyl sites for hydroxylation is 1. The van der Waals surface area contributed by atoms with E-state index in [0.29, 0.717) is 0 Å². The third kappa shape index (κ3) is 3.56. The van der Waals surface area contributed by atoms with Crippen LogP contribution < -0.4 is 5.73 Å². The molecule has 2 rings (SSSR count). The van der Waals surface area contributed by atoms with Crippen LogP contribution in [0.3, 0.4) is 0 Å². The molecule has 1 heterocycles. The quantitative estimate of drug-likeness (QED) is 0.670. The van der Waals surface area contributed by atoms with Crippen LogP contribution >= 0.6 is 0 Å². The van der Waals surface area contributed by atoms with Gasteiger partial charge in [-0.25, -0.2) is 4.98 Å². The third-order valence-electron chi connectivity index (χ3n) is 3.87.